The van der Waals surface area contributed by atoms with Gasteiger partial charge in [-0.2, -0.15) is 0 Å². The Kier molecular flexibility index (Phi) is 5.58. The van der Waals surface area contributed by atoms with Gasteiger partial charge in [-0.25, -0.2) is 0 Å². The minimum Gasteiger partial charge on any atom is -0.508 e. The predicted molar refractivity (Wildman–Crippen MR) is 95.2 cm³/mol. The zero-order valence-electron chi connectivity index (χ0n) is 14.9. The lowest BCUT2D eigenvalue weighted by molar-refractivity contribution is -0.142. The van der Waals surface area contributed by atoms with Crippen LogP contribution in [0.4, 0.5) is 0 Å². The van der Waals surface area contributed by atoms with E-state index in [9.17, 15) is 14.7 Å². The van der Waals surface area contributed by atoms with Crippen molar-refractivity contribution < 1.29 is 14.7 Å². The van der Waals surface area contributed by atoms with Crippen LogP contribution in [0.25, 0.3) is 0 Å². The van der Waals surface area contributed by atoms with Gasteiger partial charge >= 0.3 is 0 Å². The molecular weight excluding hydrogens is 318 g/mol. The standard InChI is InChI=1S/C19H27N3O3/c1-20-10-4-6-16(20)19(25)22-13-11-21(12-14-22)18(24)9-8-15-5-2-3-7-17(15)23/h2-3,5,7,16,23H,4,6,8-14H2,1H3. The number of hydrogen-bond donors (Lipinski definition) is 1. The topological polar surface area (TPSA) is 64.1 Å². The summed E-state index contributed by atoms with van der Waals surface area (Å²) in [5.74, 6) is 0.543. The number of aryl methyl sites for hydroxylation is 1. The lowest BCUT2D eigenvalue weighted by atomic mass is 10.1. The number of piperazine rings is 1. The first kappa shape index (κ1) is 17.7. The number of aromatic hydroxyl groups is 1. The summed E-state index contributed by atoms with van der Waals surface area (Å²) < 4.78 is 0. The van der Waals surface area contributed by atoms with E-state index in [1.165, 1.54) is 0 Å². The number of para-hydroxylation sites is 1. The molecule has 6 heteroatoms. The summed E-state index contributed by atoms with van der Waals surface area (Å²) in [5, 5.41) is 9.78. The predicted octanol–water partition coefficient (Wildman–Crippen LogP) is 1.09. The maximum atomic E-state index is 12.6. The van der Waals surface area contributed by atoms with E-state index < -0.39 is 0 Å². The minimum atomic E-state index is 0.0170. The highest BCUT2D eigenvalue weighted by Crippen LogP contribution is 2.20. The molecule has 1 aromatic carbocycles. The van der Waals surface area contributed by atoms with Crippen LogP contribution in [-0.2, 0) is 16.0 Å². The molecule has 2 aliphatic heterocycles. The minimum absolute atomic E-state index is 0.0170. The monoisotopic (exact) mass is 345 g/mol. The summed E-state index contributed by atoms with van der Waals surface area (Å²) in [6.45, 7) is 3.42. The van der Waals surface area contributed by atoms with Gasteiger partial charge in [0.15, 0.2) is 0 Å². The molecule has 2 heterocycles. The molecule has 0 aliphatic carbocycles. The van der Waals surface area contributed by atoms with Crippen molar-refractivity contribution in [2.45, 2.75) is 31.7 Å². The maximum absolute atomic E-state index is 12.6. The van der Waals surface area contributed by atoms with Crippen LogP contribution in [0.1, 0.15) is 24.8 Å². The van der Waals surface area contributed by atoms with E-state index in [0.717, 1.165) is 24.9 Å². The molecule has 0 saturated carbocycles. The van der Waals surface area contributed by atoms with Crippen molar-refractivity contribution in [1.82, 2.24) is 14.7 Å². The van der Waals surface area contributed by atoms with Crippen molar-refractivity contribution in [3.05, 3.63) is 29.8 Å². The molecule has 0 bridgehead atoms. The number of rotatable bonds is 4. The summed E-state index contributed by atoms with van der Waals surface area (Å²) in [4.78, 5) is 30.9. The Labute approximate surface area is 149 Å². The molecule has 0 radical (unpaired) electrons. The molecule has 25 heavy (non-hydrogen) atoms. The summed E-state index contributed by atoms with van der Waals surface area (Å²) in [5.41, 5.74) is 0.800. The van der Waals surface area contributed by atoms with Gasteiger partial charge in [-0.15, -0.1) is 0 Å². The fraction of sp³-hybridized carbons (Fsp3) is 0.579. The first-order chi connectivity index (χ1) is 12.1. The number of likely N-dealkylation sites (N-methyl/N-ethyl adjacent to an activating group) is 1. The number of phenols is 1. The highest BCUT2D eigenvalue weighted by Gasteiger charge is 2.33. The first-order valence-electron chi connectivity index (χ1n) is 9.10. The van der Waals surface area contributed by atoms with Crippen LogP contribution < -0.4 is 0 Å². The summed E-state index contributed by atoms with van der Waals surface area (Å²) in [7, 11) is 2.01. The van der Waals surface area contributed by atoms with E-state index in [4.69, 9.17) is 0 Å². The Morgan fingerprint density at radius 2 is 1.76 bits per heavy atom. The van der Waals surface area contributed by atoms with Crippen molar-refractivity contribution in [3.8, 4) is 5.75 Å². The Balaban J connectivity index is 1.46. The van der Waals surface area contributed by atoms with Gasteiger partial charge in [-0.3, -0.25) is 14.5 Å². The average Bonchev–Trinajstić information content (AvgIpc) is 3.06. The van der Waals surface area contributed by atoms with Gasteiger partial charge in [0, 0.05) is 32.6 Å². The number of phenolic OH excluding ortho intramolecular Hbond substituents is 1. The molecule has 2 aliphatic rings. The second-order valence-electron chi connectivity index (χ2n) is 6.97. The molecule has 1 aromatic rings. The molecule has 1 N–H and O–H groups in total. The van der Waals surface area contributed by atoms with E-state index in [1.807, 2.05) is 29.0 Å². The smallest absolute Gasteiger partial charge is 0.240 e. The number of carbonyl (C=O) groups is 2. The lowest BCUT2D eigenvalue weighted by Crippen LogP contribution is -2.54. The van der Waals surface area contributed by atoms with E-state index >= 15 is 0 Å². The van der Waals surface area contributed by atoms with Gasteiger partial charge in [0.25, 0.3) is 0 Å². The Hall–Kier alpha value is -2.08. The summed E-state index contributed by atoms with van der Waals surface area (Å²) >= 11 is 0. The molecule has 2 amide bonds. The van der Waals surface area contributed by atoms with E-state index in [2.05, 4.69) is 4.90 Å². The van der Waals surface area contributed by atoms with Gasteiger partial charge in [0.2, 0.25) is 11.8 Å². The number of nitrogens with zero attached hydrogens (tertiary/aromatic N) is 3. The fourth-order valence-corrected chi connectivity index (χ4v) is 3.73. The molecule has 1 atom stereocenters. The second kappa shape index (κ2) is 7.87. The average molecular weight is 345 g/mol. The first-order valence-corrected chi connectivity index (χ1v) is 9.10. The maximum Gasteiger partial charge on any atom is 0.240 e. The molecule has 1 unspecified atom stereocenters. The second-order valence-corrected chi connectivity index (χ2v) is 6.97. The molecule has 0 aromatic heterocycles. The molecule has 0 spiro atoms. The Bertz CT molecular complexity index is 626. The van der Waals surface area contributed by atoms with E-state index in [0.29, 0.717) is 39.0 Å². The van der Waals surface area contributed by atoms with Crippen LogP contribution in [0, 0.1) is 0 Å². The summed E-state index contributed by atoms with van der Waals surface area (Å²) in [6, 6.07) is 7.15. The Morgan fingerprint density at radius 3 is 2.40 bits per heavy atom. The van der Waals surface area contributed by atoms with Crippen molar-refractivity contribution >= 4 is 11.8 Å². The largest absolute Gasteiger partial charge is 0.508 e. The van der Waals surface area contributed by atoms with Crippen LogP contribution in [-0.4, -0.2) is 77.4 Å². The quantitative estimate of drug-likeness (QED) is 0.887. The molecule has 136 valence electrons. The third-order valence-corrected chi connectivity index (χ3v) is 5.35. The third kappa shape index (κ3) is 4.12. The van der Waals surface area contributed by atoms with Gasteiger partial charge in [0.05, 0.1) is 6.04 Å². The van der Waals surface area contributed by atoms with Crippen LogP contribution in [0.3, 0.4) is 0 Å². The lowest BCUT2D eigenvalue weighted by Gasteiger charge is -2.37. The highest BCUT2D eigenvalue weighted by molar-refractivity contribution is 5.83. The zero-order valence-corrected chi connectivity index (χ0v) is 14.9. The summed E-state index contributed by atoms with van der Waals surface area (Å²) in [6.07, 6.45) is 2.95. The van der Waals surface area contributed by atoms with Crippen molar-refractivity contribution in [1.29, 1.82) is 0 Å². The van der Waals surface area contributed by atoms with Crippen LogP contribution in [0.2, 0.25) is 0 Å². The Morgan fingerprint density at radius 1 is 1.08 bits per heavy atom. The molecular formula is C19H27N3O3. The van der Waals surface area contributed by atoms with Crippen LogP contribution in [0.5, 0.6) is 5.75 Å². The molecule has 6 nitrogen and oxygen atoms in total. The number of likely N-dealkylation sites (tertiary alicyclic amines) is 1. The van der Waals surface area contributed by atoms with Gasteiger partial charge in [0.1, 0.15) is 5.75 Å². The van der Waals surface area contributed by atoms with Crippen LogP contribution in [0.15, 0.2) is 24.3 Å². The van der Waals surface area contributed by atoms with Crippen molar-refractivity contribution in [2.24, 2.45) is 0 Å². The third-order valence-electron chi connectivity index (χ3n) is 5.35. The van der Waals surface area contributed by atoms with Crippen LogP contribution >= 0.6 is 0 Å². The molecule has 2 fully saturated rings. The number of carbonyl (C=O) groups excluding carboxylic acids is 2. The normalized spacial score (nSPS) is 21.6. The van der Waals surface area contributed by atoms with Gasteiger partial charge in [-0.1, -0.05) is 18.2 Å². The highest BCUT2D eigenvalue weighted by atomic mass is 16.3. The number of hydrogen-bond acceptors (Lipinski definition) is 4. The molecule has 3 rings (SSSR count). The van der Waals surface area contributed by atoms with Gasteiger partial charge in [-0.05, 0) is 44.5 Å². The van der Waals surface area contributed by atoms with Crippen molar-refractivity contribution in [3.63, 3.8) is 0 Å². The van der Waals surface area contributed by atoms with Gasteiger partial charge < -0.3 is 14.9 Å². The van der Waals surface area contributed by atoms with Crippen molar-refractivity contribution in [2.75, 3.05) is 39.8 Å². The molecule has 2 saturated heterocycles. The van der Waals surface area contributed by atoms with E-state index in [1.54, 1.807) is 12.1 Å². The number of benzene rings is 1. The zero-order chi connectivity index (χ0) is 17.8. The number of amides is 2. The fourth-order valence-electron chi connectivity index (χ4n) is 3.73. The SMILES string of the molecule is CN1CCCC1C(=O)N1CCN(C(=O)CCc2ccccc2O)CC1. The van der Waals surface area contributed by atoms with E-state index in [-0.39, 0.29) is 23.6 Å².